The van der Waals surface area contributed by atoms with Gasteiger partial charge >= 0.3 is 0 Å². The van der Waals surface area contributed by atoms with E-state index in [1.807, 2.05) is 25.5 Å². The van der Waals surface area contributed by atoms with E-state index in [0.717, 1.165) is 31.1 Å². The third-order valence-corrected chi connectivity index (χ3v) is 3.20. The summed E-state index contributed by atoms with van der Waals surface area (Å²) in [6.45, 7) is 3.81. The summed E-state index contributed by atoms with van der Waals surface area (Å²) in [6, 6.07) is 6.24. The summed E-state index contributed by atoms with van der Waals surface area (Å²) < 4.78 is 7.42. The number of hydrogen-bond donors (Lipinski definition) is 1. The Morgan fingerprint density at radius 1 is 1.37 bits per heavy atom. The highest BCUT2D eigenvalue weighted by atomic mass is 16.5. The van der Waals surface area contributed by atoms with E-state index in [1.165, 1.54) is 11.1 Å². The average molecular weight is 259 g/mol. The van der Waals surface area contributed by atoms with Crippen LogP contribution in [0.5, 0.6) is 5.75 Å². The van der Waals surface area contributed by atoms with E-state index in [4.69, 9.17) is 4.74 Å². The van der Waals surface area contributed by atoms with Crippen LogP contribution in [0.25, 0.3) is 0 Å². The smallest absolute Gasteiger partial charge is 0.123 e. The van der Waals surface area contributed by atoms with Gasteiger partial charge in [0.05, 0.1) is 7.11 Å². The third kappa shape index (κ3) is 3.58. The van der Waals surface area contributed by atoms with Crippen molar-refractivity contribution in [2.75, 3.05) is 13.7 Å². The van der Waals surface area contributed by atoms with Gasteiger partial charge in [-0.25, -0.2) is 4.98 Å². The van der Waals surface area contributed by atoms with Crippen LogP contribution in [0, 0.1) is 6.92 Å². The van der Waals surface area contributed by atoms with E-state index in [2.05, 4.69) is 33.9 Å². The largest absolute Gasteiger partial charge is 0.496 e. The van der Waals surface area contributed by atoms with Gasteiger partial charge in [0.2, 0.25) is 0 Å². The highest BCUT2D eigenvalue weighted by molar-refractivity contribution is 5.36. The first-order valence-corrected chi connectivity index (χ1v) is 6.51. The maximum Gasteiger partial charge on any atom is 0.123 e. The molecule has 0 amide bonds. The van der Waals surface area contributed by atoms with Crippen molar-refractivity contribution in [3.63, 3.8) is 0 Å². The molecule has 0 radical (unpaired) electrons. The van der Waals surface area contributed by atoms with Crippen LogP contribution < -0.4 is 10.1 Å². The van der Waals surface area contributed by atoms with Gasteiger partial charge in [-0.15, -0.1) is 0 Å². The number of methoxy groups -OCH3 is 1. The van der Waals surface area contributed by atoms with Crippen LogP contribution in [0.15, 0.2) is 30.6 Å². The van der Waals surface area contributed by atoms with Crippen LogP contribution in [0.4, 0.5) is 0 Å². The van der Waals surface area contributed by atoms with Crippen molar-refractivity contribution in [2.24, 2.45) is 7.05 Å². The minimum atomic E-state index is 0.815. The molecule has 0 aliphatic rings. The Balaban J connectivity index is 1.86. The van der Waals surface area contributed by atoms with Crippen molar-refractivity contribution in [1.82, 2.24) is 14.9 Å². The molecule has 0 saturated heterocycles. The van der Waals surface area contributed by atoms with Crippen molar-refractivity contribution >= 4 is 0 Å². The van der Waals surface area contributed by atoms with Gasteiger partial charge < -0.3 is 14.6 Å². The van der Waals surface area contributed by atoms with Crippen LogP contribution in [0.2, 0.25) is 0 Å². The Morgan fingerprint density at radius 2 is 2.21 bits per heavy atom. The van der Waals surface area contributed by atoms with Gasteiger partial charge in [0.25, 0.3) is 0 Å². The maximum absolute atomic E-state index is 5.37. The third-order valence-electron chi connectivity index (χ3n) is 3.20. The molecule has 0 spiro atoms. The first kappa shape index (κ1) is 13.6. The molecular weight excluding hydrogens is 238 g/mol. The Morgan fingerprint density at radius 3 is 2.89 bits per heavy atom. The van der Waals surface area contributed by atoms with E-state index < -0.39 is 0 Å². The Kier molecular flexibility index (Phi) is 4.58. The molecule has 0 atom stereocenters. The fourth-order valence-corrected chi connectivity index (χ4v) is 2.11. The lowest BCUT2D eigenvalue weighted by Gasteiger charge is -2.10. The number of hydrogen-bond acceptors (Lipinski definition) is 3. The van der Waals surface area contributed by atoms with E-state index in [1.54, 1.807) is 7.11 Å². The zero-order valence-corrected chi connectivity index (χ0v) is 11.8. The lowest BCUT2D eigenvalue weighted by Crippen LogP contribution is -2.18. The molecule has 102 valence electrons. The summed E-state index contributed by atoms with van der Waals surface area (Å²) in [4.78, 5) is 4.31. The molecule has 0 fully saturated rings. The molecule has 0 unspecified atom stereocenters. The van der Waals surface area contributed by atoms with E-state index in [9.17, 15) is 0 Å². The van der Waals surface area contributed by atoms with E-state index >= 15 is 0 Å². The predicted molar refractivity (Wildman–Crippen MR) is 76.3 cm³/mol. The predicted octanol–water partition coefficient (Wildman–Crippen LogP) is 2.07. The summed E-state index contributed by atoms with van der Waals surface area (Å²) in [5, 5.41) is 3.44. The summed E-state index contributed by atoms with van der Waals surface area (Å²) >= 11 is 0. The fraction of sp³-hybridized carbons (Fsp3) is 0.400. The molecule has 4 nitrogen and oxygen atoms in total. The van der Waals surface area contributed by atoms with Gasteiger partial charge in [-0.1, -0.05) is 17.7 Å². The second-order valence-corrected chi connectivity index (χ2v) is 4.70. The number of aromatic nitrogens is 2. The van der Waals surface area contributed by atoms with Crippen molar-refractivity contribution in [3.8, 4) is 5.75 Å². The number of ether oxygens (including phenoxy) is 1. The zero-order chi connectivity index (χ0) is 13.7. The Bertz CT molecular complexity index is 534. The molecule has 1 aromatic heterocycles. The van der Waals surface area contributed by atoms with Gasteiger partial charge in [-0.05, 0) is 13.0 Å². The second-order valence-electron chi connectivity index (χ2n) is 4.70. The highest BCUT2D eigenvalue weighted by Crippen LogP contribution is 2.19. The molecule has 2 aromatic rings. The fourth-order valence-electron chi connectivity index (χ4n) is 2.11. The van der Waals surface area contributed by atoms with E-state index in [0.29, 0.717) is 0 Å². The highest BCUT2D eigenvalue weighted by Gasteiger charge is 2.03. The minimum absolute atomic E-state index is 0.815. The molecule has 0 saturated carbocycles. The Hall–Kier alpha value is -1.81. The molecule has 4 heteroatoms. The van der Waals surface area contributed by atoms with Crippen molar-refractivity contribution in [2.45, 2.75) is 19.9 Å². The van der Waals surface area contributed by atoms with Crippen LogP contribution >= 0.6 is 0 Å². The first-order chi connectivity index (χ1) is 9.20. The number of aryl methyl sites for hydroxylation is 2. The van der Waals surface area contributed by atoms with Crippen LogP contribution in [0.1, 0.15) is 17.0 Å². The summed E-state index contributed by atoms with van der Waals surface area (Å²) in [6.07, 6.45) is 4.73. The van der Waals surface area contributed by atoms with Gasteiger partial charge in [-0.3, -0.25) is 0 Å². The molecule has 2 rings (SSSR count). The quantitative estimate of drug-likeness (QED) is 0.807. The van der Waals surface area contributed by atoms with Gasteiger partial charge in [0.15, 0.2) is 0 Å². The molecule has 0 aliphatic carbocycles. The summed E-state index contributed by atoms with van der Waals surface area (Å²) in [7, 11) is 3.73. The van der Waals surface area contributed by atoms with Crippen molar-refractivity contribution < 1.29 is 4.74 Å². The Labute approximate surface area is 114 Å². The van der Waals surface area contributed by atoms with Gasteiger partial charge in [0, 0.05) is 44.5 Å². The second kappa shape index (κ2) is 6.38. The maximum atomic E-state index is 5.37. The number of nitrogens with one attached hydrogen (secondary N) is 1. The van der Waals surface area contributed by atoms with Gasteiger partial charge in [0.1, 0.15) is 11.6 Å². The number of rotatable bonds is 6. The monoisotopic (exact) mass is 259 g/mol. The SMILES string of the molecule is COc1ccc(C)cc1CNCCc1nccn1C. The minimum Gasteiger partial charge on any atom is -0.496 e. The topological polar surface area (TPSA) is 39.1 Å². The molecule has 1 heterocycles. The van der Waals surface area contributed by atoms with Crippen molar-refractivity contribution in [3.05, 3.63) is 47.5 Å². The normalized spacial score (nSPS) is 10.7. The summed E-state index contributed by atoms with van der Waals surface area (Å²) in [5.74, 6) is 2.04. The molecule has 19 heavy (non-hydrogen) atoms. The molecule has 0 aliphatic heterocycles. The average Bonchev–Trinajstić information content (AvgIpc) is 2.80. The number of nitrogens with zero attached hydrogens (tertiary/aromatic N) is 2. The van der Waals surface area contributed by atoms with Gasteiger partial charge in [-0.2, -0.15) is 0 Å². The van der Waals surface area contributed by atoms with Crippen LogP contribution in [-0.4, -0.2) is 23.2 Å². The number of benzene rings is 1. The number of imidazole rings is 1. The molecule has 0 bridgehead atoms. The van der Waals surface area contributed by atoms with Crippen LogP contribution in [-0.2, 0) is 20.0 Å². The zero-order valence-electron chi connectivity index (χ0n) is 11.8. The van der Waals surface area contributed by atoms with Crippen molar-refractivity contribution in [1.29, 1.82) is 0 Å². The lowest BCUT2D eigenvalue weighted by atomic mass is 10.1. The first-order valence-electron chi connectivity index (χ1n) is 6.51. The molecular formula is C15H21N3O. The lowest BCUT2D eigenvalue weighted by molar-refractivity contribution is 0.407. The standard InChI is InChI=1S/C15H21N3O/c1-12-4-5-14(19-3)13(10-12)11-16-7-6-15-17-8-9-18(15)2/h4-5,8-10,16H,6-7,11H2,1-3H3. The van der Waals surface area contributed by atoms with E-state index in [-0.39, 0.29) is 0 Å². The van der Waals surface area contributed by atoms with Crippen LogP contribution in [0.3, 0.4) is 0 Å². The molecule has 1 N–H and O–H groups in total. The molecule has 1 aromatic carbocycles. The summed E-state index contributed by atoms with van der Waals surface area (Å²) in [5.41, 5.74) is 2.45.